The zero-order valence-electron chi connectivity index (χ0n) is 9.60. The van der Waals surface area contributed by atoms with Crippen LogP contribution >= 0.6 is 0 Å². The molecule has 18 heavy (non-hydrogen) atoms. The number of esters is 1. The highest BCUT2D eigenvalue weighted by Gasteiger charge is 2.16. The molecule has 0 radical (unpaired) electrons. The molecule has 2 rings (SSSR count). The number of methoxy groups -OCH3 is 1. The second-order valence-electron chi connectivity index (χ2n) is 3.61. The van der Waals surface area contributed by atoms with Gasteiger partial charge in [-0.05, 0) is 11.5 Å². The van der Waals surface area contributed by atoms with Crippen LogP contribution in [0.15, 0.2) is 30.3 Å². The lowest BCUT2D eigenvalue weighted by atomic mass is 9.96. The van der Waals surface area contributed by atoms with Gasteiger partial charge in [0.15, 0.2) is 0 Å². The van der Waals surface area contributed by atoms with E-state index in [2.05, 4.69) is 4.74 Å². The molecule has 0 unspecified atom stereocenters. The van der Waals surface area contributed by atoms with Crippen LogP contribution in [0.1, 0.15) is 21.5 Å². The highest BCUT2D eigenvalue weighted by atomic mass is 16.5. The Morgan fingerprint density at radius 2 is 1.83 bits per heavy atom. The van der Waals surface area contributed by atoms with Crippen molar-refractivity contribution in [1.29, 1.82) is 10.5 Å². The number of ether oxygens (including phenoxy) is 1. The minimum atomic E-state index is -0.521. The first-order valence-electron chi connectivity index (χ1n) is 5.17. The molecule has 4 nitrogen and oxygen atoms in total. The van der Waals surface area contributed by atoms with Crippen LogP contribution in [-0.2, 0) is 4.74 Å². The fourth-order valence-corrected chi connectivity index (χ4v) is 1.86. The van der Waals surface area contributed by atoms with Crippen molar-refractivity contribution in [1.82, 2.24) is 0 Å². The molecule has 0 spiro atoms. The molecule has 2 aromatic rings. The van der Waals surface area contributed by atoms with Gasteiger partial charge in [0, 0.05) is 5.39 Å². The van der Waals surface area contributed by atoms with E-state index in [1.165, 1.54) is 13.2 Å². The molecule has 0 aliphatic carbocycles. The number of hydrogen-bond donors (Lipinski definition) is 0. The summed E-state index contributed by atoms with van der Waals surface area (Å²) in [6.07, 6.45) is 0. The van der Waals surface area contributed by atoms with Crippen LogP contribution in [0, 0.1) is 22.7 Å². The fourth-order valence-electron chi connectivity index (χ4n) is 1.86. The summed E-state index contributed by atoms with van der Waals surface area (Å²) in [5.74, 6) is -0.521. The molecule has 0 saturated heterocycles. The van der Waals surface area contributed by atoms with E-state index in [1.807, 2.05) is 12.1 Å². The van der Waals surface area contributed by atoms with Crippen LogP contribution in [0.2, 0.25) is 0 Å². The number of hydrogen-bond acceptors (Lipinski definition) is 4. The van der Waals surface area contributed by atoms with E-state index in [-0.39, 0.29) is 11.1 Å². The first-order chi connectivity index (χ1) is 8.72. The summed E-state index contributed by atoms with van der Waals surface area (Å²) in [4.78, 5) is 11.7. The molecule has 0 aromatic heterocycles. The second-order valence-corrected chi connectivity index (χ2v) is 3.61. The minimum Gasteiger partial charge on any atom is -0.465 e. The Hall–Kier alpha value is -2.85. The summed E-state index contributed by atoms with van der Waals surface area (Å²) >= 11 is 0. The average Bonchev–Trinajstić information content (AvgIpc) is 2.44. The lowest BCUT2D eigenvalue weighted by molar-refractivity contribution is 0.0603. The Balaban J connectivity index is 2.95. The maximum atomic E-state index is 11.7. The molecule has 0 aliphatic heterocycles. The molecule has 2 aromatic carbocycles. The Morgan fingerprint density at radius 3 is 2.39 bits per heavy atom. The third-order valence-corrected chi connectivity index (χ3v) is 2.68. The predicted molar refractivity (Wildman–Crippen MR) is 64.7 cm³/mol. The monoisotopic (exact) mass is 236 g/mol. The van der Waals surface area contributed by atoms with Gasteiger partial charge in [0.1, 0.15) is 12.1 Å². The smallest absolute Gasteiger partial charge is 0.338 e. The van der Waals surface area contributed by atoms with Gasteiger partial charge in [-0.1, -0.05) is 24.3 Å². The van der Waals surface area contributed by atoms with Crippen molar-refractivity contribution < 1.29 is 9.53 Å². The molecule has 0 heterocycles. The van der Waals surface area contributed by atoms with Crippen LogP contribution in [0.25, 0.3) is 10.8 Å². The number of carbonyl (C=O) groups is 1. The highest BCUT2D eigenvalue weighted by molar-refractivity contribution is 6.07. The van der Waals surface area contributed by atoms with Crippen LogP contribution < -0.4 is 0 Å². The molecular formula is C14H8N2O2. The van der Waals surface area contributed by atoms with Crippen molar-refractivity contribution in [3.63, 3.8) is 0 Å². The fraction of sp³-hybridized carbons (Fsp3) is 0.0714. The molecular weight excluding hydrogens is 228 g/mol. The Labute approximate surface area is 104 Å². The standard InChI is InChI=1S/C14H8N2O2/c1-18-14(17)12-6-9(7-15)13(8-16)11-5-3-2-4-10(11)12/h2-6H,1H3. The van der Waals surface area contributed by atoms with E-state index in [1.54, 1.807) is 24.3 Å². The SMILES string of the molecule is COC(=O)c1cc(C#N)c(C#N)c2ccccc12. The molecule has 0 atom stereocenters. The van der Waals surface area contributed by atoms with Gasteiger partial charge in [-0.3, -0.25) is 0 Å². The van der Waals surface area contributed by atoms with Gasteiger partial charge in [-0.25, -0.2) is 4.79 Å². The summed E-state index contributed by atoms with van der Waals surface area (Å²) in [5, 5.41) is 19.3. The van der Waals surface area contributed by atoms with Gasteiger partial charge in [0.05, 0.1) is 23.8 Å². The van der Waals surface area contributed by atoms with Crippen LogP contribution in [0.3, 0.4) is 0 Å². The van der Waals surface area contributed by atoms with Gasteiger partial charge in [-0.15, -0.1) is 0 Å². The largest absolute Gasteiger partial charge is 0.465 e. The maximum Gasteiger partial charge on any atom is 0.338 e. The molecule has 0 saturated carbocycles. The zero-order valence-corrected chi connectivity index (χ0v) is 9.60. The van der Waals surface area contributed by atoms with E-state index in [9.17, 15) is 4.79 Å². The quantitative estimate of drug-likeness (QED) is 0.712. The number of nitriles is 2. The second kappa shape index (κ2) is 4.57. The minimum absolute atomic E-state index is 0.177. The Bertz CT molecular complexity index is 721. The number of carbonyl (C=O) groups excluding carboxylic acids is 1. The molecule has 0 aliphatic rings. The topological polar surface area (TPSA) is 73.9 Å². The average molecular weight is 236 g/mol. The van der Waals surface area contributed by atoms with E-state index in [0.29, 0.717) is 16.3 Å². The summed E-state index contributed by atoms with van der Waals surface area (Å²) in [7, 11) is 1.28. The van der Waals surface area contributed by atoms with Gasteiger partial charge < -0.3 is 4.74 Å². The first kappa shape index (κ1) is 11.6. The molecule has 86 valence electrons. The lowest BCUT2D eigenvalue weighted by Crippen LogP contribution is -2.04. The molecule has 0 amide bonds. The van der Waals surface area contributed by atoms with Crippen molar-refractivity contribution in [2.24, 2.45) is 0 Å². The Morgan fingerprint density at radius 1 is 1.17 bits per heavy atom. The van der Waals surface area contributed by atoms with Gasteiger partial charge in [0.25, 0.3) is 0 Å². The van der Waals surface area contributed by atoms with Crippen LogP contribution in [0.4, 0.5) is 0 Å². The number of nitrogens with zero attached hydrogens (tertiary/aromatic N) is 2. The third kappa shape index (κ3) is 1.66. The number of fused-ring (bicyclic) bond motifs is 1. The van der Waals surface area contributed by atoms with Crippen molar-refractivity contribution in [2.45, 2.75) is 0 Å². The molecule has 0 fully saturated rings. The summed E-state index contributed by atoms with van der Waals surface area (Å²) in [5.41, 5.74) is 0.751. The Kier molecular flexibility index (Phi) is 2.95. The molecule has 0 bridgehead atoms. The summed E-state index contributed by atoms with van der Waals surface area (Å²) < 4.78 is 4.69. The summed E-state index contributed by atoms with van der Waals surface area (Å²) in [6, 6.07) is 12.3. The van der Waals surface area contributed by atoms with Crippen molar-refractivity contribution in [3.8, 4) is 12.1 Å². The highest BCUT2D eigenvalue weighted by Crippen LogP contribution is 2.26. The van der Waals surface area contributed by atoms with Crippen LogP contribution in [0.5, 0.6) is 0 Å². The van der Waals surface area contributed by atoms with E-state index >= 15 is 0 Å². The summed E-state index contributed by atoms with van der Waals surface area (Å²) in [6.45, 7) is 0. The van der Waals surface area contributed by atoms with Crippen molar-refractivity contribution in [3.05, 3.63) is 47.0 Å². The van der Waals surface area contributed by atoms with Gasteiger partial charge in [0.2, 0.25) is 0 Å². The number of benzene rings is 2. The predicted octanol–water partition coefficient (Wildman–Crippen LogP) is 2.37. The molecule has 0 N–H and O–H groups in total. The zero-order chi connectivity index (χ0) is 13.1. The number of rotatable bonds is 1. The lowest BCUT2D eigenvalue weighted by Gasteiger charge is -2.07. The van der Waals surface area contributed by atoms with Crippen molar-refractivity contribution >= 4 is 16.7 Å². The third-order valence-electron chi connectivity index (χ3n) is 2.68. The van der Waals surface area contributed by atoms with Gasteiger partial charge >= 0.3 is 5.97 Å². The van der Waals surface area contributed by atoms with Crippen molar-refractivity contribution in [2.75, 3.05) is 7.11 Å². The molecule has 4 heteroatoms. The van der Waals surface area contributed by atoms with Gasteiger partial charge in [-0.2, -0.15) is 10.5 Å². The maximum absolute atomic E-state index is 11.7. The first-order valence-corrected chi connectivity index (χ1v) is 5.17. The van der Waals surface area contributed by atoms with E-state index in [4.69, 9.17) is 10.5 Å². The normalized spacial score (nSPS) is 9.50. The van der Waals surface area contributed by atoms with Crippen LogP contribution in [-0.4, -0.2) is 13.1 Å². The van der Waals surface area contributed by atoms with E-state index in [0.717, 1.165) is 0 Å². The van der Waals surface area contributed by atoms with E-state index < -0.39 is 5.97 Å².